The highest BCUT2D eigenvalue weighted by Crippen LogP contribution is 2.15. The molecule has 0 saturated heterocycles. The maximum Gasteiger partial charge on any atom is 0.156 e. The quantitative estimate of drug-likeness (QED) is 0.769. The number of hydrogen-bond acceptors (Lipinski definition) is 5. The lowest BCUT2D eigenvalue weighted by Crippen LogP contribution is -2.06. The van der Waals surface area contributed by atoms with E-state index in [1.807, 2.05) is 6.07 Å². The van der Waals surface area contributed by atoms with Crippen LogP contribution in [0.4, 0.5) is 0 Å². The molecule has 0 saturated carbocycles. The molecular formula is C10H13N5O. The summed E-state index contributed by atoms with van der Waals surface area (Å²) >= 11 is 0. The molecule has 1 aromatic heterocycles. The van der Waals surface area contributed by atoms with Crippen molar-refractivity contribution >= 4 is 0 Å². The number of aromatic nitrogens is 4. The zero-order valence-corrected chi connectivity index (χ0v) is 8.74. The Kier molecular flexibility index (Phi) is 3.11. The minimum atomic E-state index is 0.192. The first-order valence-electron chi connectivity index (χ1n) is 5.08. The standard InChI is InChI=1S/C10H13N5O/c11-6-2-5-10-12-13-14-15(10)8-3-1-4-9(16)7-8/h1,3-4,7,16H,2,5-6,11H2. The number of nitrogens with zero attached hydrogens (tertiary/aromatic N) is 4. The normalized spacial score (nSPS) is 10.6. The molecule has 84 valence electrons. The van der Waals surface area contributed by atoms with E-state index in [1.54, 1.807) is 22.9 Å². The number of aromatic hydroxyl groups is 1. The lowest BCUT2D eigenvalue weighted by molar-refractivity contribution is 0.474. The van der Waals surface area contributed by atoms with Crippen LogP contribution in [-0.4, -0.2) is 31.9 Å². The van der Waals surface area contributed by atoms with E-state index in [-0.39, 0.29) is 5.75 Å². The van der Waals surface area contributed by atoms with Crippen molar-refractivity contribution in [2.24, 2.45) is 5.73 Å². The van der Waals surface area contributed by atoms with Crippen molar-refractivity contribution in [3.05, 3.63) is 30.1 Å². The van der Waals surface area contributed by atoms with Crippen molar-refractivity contribution < 1.29 is 5.11 Å². The van der Waals surface area contributed by atoms with Gasteiger partial charge < -0.3 is 10.8 Å². The fourth-order valence-electron chi connectivity index (χ4n) is 1.45. The zero-order valence-electron chi connectivity index (χ0n) is 8.74. The highest BCUT2D eigenvalue weighted by atomic mass is 16.3. The van der Waals surface area contributed by atoms with Crippen LogP contribution in [0, 0.1) is 0 Å². The second-order valence-electron chi connectivity index (χ2n) is 3.42. The van der Waals surface area contributed by atoms with Crippen molar-refractivity contribution in [2.45, 2.75) is 12.8 Å². The molecule has 0 aliphatic carbocycles. The van der Waals surface area contributed by atoms with E-state index in [9.17, 15) is 5.11 Å². The molecule has 0 bridgehead atoms. The van der Waals surface area contributed by atoms with Crippen LogP contribution in [0.25, 0.3) is 5.69 Å². The Hall–Kier alpha value is -1.95. The molecule has 1 aromatic carbocycles. The van der Waals surface area contributed by atoms with Crippen molar-refractivity contribution in [3.63, 3.8) is 0 Å². The molecule has 0 spiro atoms. The smallest absolute Gasteiger partial charge is 0.156 e. The average Bonchev–Trinajstić information content (AvgIpc) is 2.74. The molecule has 0 unspecified atom stereocenters. The number of rotatable bonds is 4. The van der Waals surface area contributed by atoms with E-state index in [0.29, 0.717) is 6.54 Å². The predicted octanol–water partition coefficient (Wildman–Crippen LogP) is 0.259. The molecule has 0 aliphatic heterocycles. The van der Waals surface area contributed by atoms with E-state index in [4.69, 9.17) is 5.73 Å². The summed E-state index contributed by atoms with van der Waals surface area (Å²) in [5, 5.41) is 20.8. The molecule has 2 rings (SSSR count). The first-order valence-corrected chi connectivity index (χ1v) is 5.08. The minimum absolute atomic E-state index is 0.192. The lowest BCUT2D eigenvalue weighted by Gasteiger charge is -2.03. The van der Waals surface area contributed by atoms with E-state index >= 15 is 0 Å². The van der Waals surface area contributed by atoms with Crippen molar-refractivity contribution in [1.82, 2.24) is 20.2 Å². The summed E-state index contributed by atoms with van der Waals surface area (Å²) in [4.78, 5) is 0. The molecule has 0 amide bonds. The Labute approximate surface area is 92.7 Å². The summed E-state index contributed by atoms with van der Waals surface area (Å²) in [6, 6.07) is 6.80. The first-order chi connectivity index (χ1) is 7.81. The fraction of sp³-hybridized carbons (Fsp3) is 0.300. The summed E-state index contributed by atoms with van der Waals surface area (Å²) in [5.74, 6) is 0.939. The third-order valence-corrected chi connectivity index (χ3v) is 2.21. The number of nitrogens with two attached hydrogens (primary N) is 1. The van der Waals surface area contributed by atoms with Crippen molar-refractivity contribution in [1.29, 1.82) is 0 Å². The van der Waals surface area contributed by atoms with Crippen LogP contribution in [0.5, 0.6) is 5.75 Å². The number of tetrazole rings is 1. The van der Waals surface area contributed by atoms with Gasteiger partial charge in [-0.1, -0.05) is 6.07 Å². The number of phenols is 1. The van der Waals surface area contributed by atoms with Crippen LogP contribution < -0.4 is 5.73 Å². The summed E-state index contributed by atoms with van der Waals surface area (Å²) in [7, 11) is 0. The van der Waals surface area contributed by atoms with Crippen LogP contribution in [0.1, 0.15) is 12.2 Å². The summed E-state index contributed by atoms with van der Waals surface area (Å²) in [6.07, 6.45) is 1.55. The second kappa shape index (κ2) is 4.71. The molecule has 6 heteroatoms. The molecule has 2 aromatic rings. The Balaban J connectivity index is 2.29. The van der Waals surface area contributed by atoms with Gasteiger partial charge in [0.25, 0.3) is 0 Å². The zero-order chi connectivity index (χ0) is 11.4. The van der Waals surface area contributed by atoms with Gasteiger partial charge in [0, 0.05) is 12.5 Å². The molecule has 0 fully saturated rings. The number of phenolic OH excluding ortho intramolecular Hbond substituents is 1. The van der Waals surface area contributed by atoms with Crippen LogP contribution in [0.15, 0.2) is 24.3 Å². The van der Waals surface area contributed by atoms with Gasteiger partial charge in [-0.2, -0.15) is 4.68 Å². The molecule has 16 heavy (non-hydrogen) atoms. The molecule has 0 radical (unpaired) electrons. The monoisotopic (exact) mass is 219 g/mol. The fourth-order valence-corrected chi connectivity index (χ4v) is 1.45. The van der Waals surface area contributed by atoms with E-state index in [1.165, 1.54) is 0 Å². The van der Waals surface area contributed by atoms with Gasteiger partial charge in [-0.25, -0.2) is 0 Å². The molecule has 0 atom stereocenters. The third kappa shape index (κ3) is 2.17. The summed E-state index contributed by atoms with van der Waals surface area (Å²) in [6.45, 7) is 0.604. The third-order valence-electron chi connectivity index (χ3n) is 2.21. The molecular weight excluding hydrogens is 206 g/mol. The first kappa shape index (κ1) is 10.6. The summed E-state index contributed by atoms with van der Waals surface area (Å²) < 4.78 is 1.61. The molecule has 1 heterocycles. The maximum atomic E-state index is 9.38. The predicted molar refractivity (Wildman–Crippen MR) is 58.2 cm³/mol. The van der Waals surface area contributed by atoms with Gasteiger partial charge in [0.05, 0.1) is 5.69 Å². The van der Waals surface area contributed by atoms with Gasteiger partial charge in [0.2, 0.25) is 0 Å². The number of hydrogen-bond donors (Lipinski definition) is 2. The minimum Gasteiger partial charge on any atom is -0.508 e. The van der Waals surface area contributed by atoms with Gasteiger partial charge >= 0.3 is 0 Å². The highest BCUT2D eigenvalue weighted by Gasteiger charge is 2.07. The van der Waals surface area contributed by atoms with E-state index in [0.717, 1.165) is 24.4 Å². The largest absolute Gasteiger partial charge is 0.508 e. The number of aryl methyl sites for hydroxylation is 1. The Bertz CT molecular complexity index is 468. The molecule has 3 N–H and O–H groups in total. The van der Waals surface area contributed by atoms with E-state index in [2.05, 4.69) is 15.5 Å². The van der Waals surface area contributed by atoms with Crippen LogP contribution >= 0.6 is 0 Å². The highest BCUT2D eigenvalue weighted by molar-refractivity contribution is 5.37. The van der Waals surface area contributed by atoms with Gasteiger partial charge in [0.1, 0.15) is 5.75 Å². The topological polar surface area (TPSA) is 89.9 Å². The van der Waals surface area contributed by atoms with Crippen molar-refractivity contribution in [2.75, 3.05) is 6.54 Å². The van der Waals surface area contributed by atoms with Crippen molar-refractivity contribution in [3.8, 4) is 11.4 Å². The maximum absolute atomic E-state index is 9.38. The van der Waals surface area contributed by atoms with Gasteiger partial charge in [-0.15, -0.1) is 5.10 Å². The van der Waals surface area contributed by atoms with E-state index < -0.39 is 0 Å². The van der Waals surface area contributed by atoms with Crippen LogP contribution in [-0.2, 0) is 6.42 Å². The number of benzene rings is 1. The Morgan fingerprint density at radius 2 is 2.25 bits per heavy atom. The molecule has 6 nitrogen and oxygen atoms in total. The molecule has 0 aliphatic rings. The van der Waals surface area contributed by atoms with Crippen LogP contribution in [0.2, 0.25) is 0 Å². The SMILES string of the molecule is NCCCc1nnnn1-c1cccc(O)c1. The van der Waals surface area contributed by atoms with Gasteiger partial charge in [0.15, 0.2) is 5.82 Å². The average molecular weight is 219 g/mol. The summed E-state index contributed by atoms with van der Waals surface area (Å²) in [5.41, 5.74) is 6.19. The van der Waals surface area contributed by atoms with Gasteiger partial charge in [-0.3, -0.25) is 0 Å². The van der Waals surface area contributed by atoms with Crippen LogP contribution in [0.3, 0.4) is 0 Å². The second-order valence-corrected chi connectivity index (χ2v) is 3.42. The van der Waals surface area contributed by atoms with Gasteiger partial charge in [-0.05, 0) is 35.5 Å². The Morgan fingerprint density at radius 1 is 1.38 bits per heavy atom. The lowest BCUT2D eigenvalue weighted by atomic mass is 10.2. The Morgan fingerprint density at radius 3 is 3.00 bits per heavy atom.